The summed E-state index contributed by atoms with van der Waals surface area (Å²) in [6, 6.07) is 8.99. The van der Waals surface area contributed by atoms with E-state index in [9.17, 15) is 4.79 Å². The molecular formula is C23H40IN5O. The van der Waals surface area contributed by atoms with E-state index in [-0.39, 0.29) is 35.9 Å². The molecule has 1 atom stereocenters. The molecule has 1 aliphatic rings. The first kappa shape index (κ1) is 26.7. The maximum Gasteiger partial charge on any atom is 0.251 e. The van der Waals surface area contributed by atoms with Crippen molar-refractivity contribution in [1.29, 1.82) is 0 Å². The van der Waals surface area contributed by atoms with E-state index in [0.717, 1.165) is 50.4 Å². The van der Waals surface area contributed by atoms with Crippen molar-refractivity contribution in [2.24, 2.45) is 4.99 Å². The van der Waals surface area contributed by atoms with Gasteiger partial charge in [-0.3, -0.25) is 4.79 Å². The van der Waals surface area contributed by atoms with Crippen molar-refractivity contribution < 1.29 is 4.79 Å². The number of benzene rings is 1. The van der Waals surface area contributed by atoms with Crippen molar-refractivity contribution in [1.82, 2.24) is 20.9 Å². The van der Waals surface area contributed by atoms with E-state index in [1.54, 1.807) is 0 Å². The fourth-order valence-electron chi connectivity index (χ4n) is 3.46. The van der Waals surface area contributed by atoms with E-state index in [1.165, 1.54) is 0 Å². The third-order valence-electron chi connectivity index (χ3n) is 5.54. The minimum absolute atomic E-state index is 0. The van der Waals surface area contributed by atoms with Gasteiger partial charge >= 0.3 is 0 Å². The van der Waals surface area contributed by atoms with Crippen LogP contribution >= 0.6 is 24.0 Å². The molecule has 0 saturated carbocycles. The molecule has 6 nitrogen and oxygen atoms in total. The van der Waals surface area contributed by atoms with Crippen LogP contribution in [0.25, 0.3) is 0 Å². The number of carbonyl (C=O) groups excluding carboxylic acids is 1. The lowest BCUT2D eigenvalue weighted by Crippen LogP contribution is -2.49. The van der Waals surface area contributed by atoms with Gasteiger partial charge in [0, 0.05) is 43.3 Å². The number of likely N-dealkylation sites (tertiary alicyclic amines) is 1. The van der Waals surface area contributed by atoms with Gasteiger partial charge in [-0.15, -0.1) is 24.0 Å². The van der Waals surface area contributed by atoms with Gasteiger partial charge in [0.25, 0.3) is 5.91 Å². The minimum Gasteiger partial charge on any atom is -0.357 e. The van der Waals surface area contributed by atoms with Gasteiger partial charge in [0.15, 0.2) is 5.96 Å². The Bertz CT molecular complexity index is 671. The predicted octanol–water partition coefficient (Wildman–Crippen LogP) is 3.76. The fourth-order valence-corrected chi connectivity index (χ4v) is 3.46. The Kier molecular flexibility index (Phi) is 12.3. The summed E-state index contributed by atoms with van der Waals surface area (Å²) in [5.74, 6) is 0.831. The Labute approximate surface area is 199 Å². The number of rotatable bonds is 8. The van der Waals surface area contributed by atoms with E-state index in [0.29, 0.717) is 24.2 Å². The van der Waals surface area contributed by atoms with Crippen LogP contribution in [0.1, 0.15) is 69.8 Å². The summed E-state index contributed by atoms with van der Waals surface area (Å²) in [5.41, 5.74) is 1.73. The average molecular weight is 530 g/mol. The van der Waals surface area contributed by atoms with Crippen LogP contribution in [0.5, 0.6) is 0 Å². The molecule has 2 rings (SSSR count). The second kappa shape index (κ2) is 13.9. The molecule has 3 N–H and O–H groups in total. The molecule has 0 radical (unpaired) electrons. The molecule has 0 aliphatic carbocycles. The largest absolute Gasteiger partial charge is 0.357 e. The van der Waals surface area contributed by atoms with E-state index >= 15 is 0 Å². The third kappa shape index (κ3) is 8.79. The highest BCUT2D eigenvalue weighted by Crippen LogP contribution is 2.13. The van der Waals surface area contributed by atoms with Gasteiger partial charge in [-0.2, -0.15) is 0 Å². The first-order valence-electron chi connectivity index (χ1n) is 11.1. The van der Waals surface area contributed by atoms with E-state index in [1.807, 2.05) is 31.2 Å². The molecule has 0 aromatic heterocycles. The summed E-state index contributed by atoms with van der Waals surface area (Å²) in [6.07, 6.45) is 3.19. The monoisotopic (exact) mass is 529 g/mol. The normalized spacial score (nSPS) is 16.7. The zero-order valence-electron chi connectivity index (χ0n) is 19.2. The molecule has 1 saturated heterocycles. The Hall–Kier alpha value is -1.35. The highest BCUT2D eigenvalue weighted by molar-refractivity contribution is 14.0. The van der Waals surface area contributed by atoms with Crippen molar-refractivity contribution in [3.8, 4) is 0 Å². The molecule has 0 spiro atoms. The summed E-state index contributed by atoms with van der Waals surface area (Å²) in [5, 5.41) is 9.96. The second-order valence-electron chi connectivity index (χ2n) is 8.23. The molecule has 1 amide bonds. The van der Waals surface area contributed by atoms with Crippen LogP contribution in [-0.4, -0.2) is 54.5 Å². The molecule has 1 unspecified atom stereocenters. The Morgan fingerprint density at radius 2 is 1.90 bits per heavy atom. The first-order chi connectivity index (χ1) is 13.9. The first-order valence-corrected chi connectivity index (χ1v) is 11.1. The quantitative estimate of drug-likeness (QED) is 0.273. The van der Waals surface area contributed by atoms with Crippen molar-refractivity contribution in [2.45, 2.75) is 78.6 Å². The zero-order valence-corrected chi connectivity index (χ0v) is 21.5. The summed E-state index contributed by atoms with van der Waals surface area (Å²) >= 11 is 0. The molecule has 1 aromatic rings. The number of hydrogen-bond acceptors (Lipinski definition) is 3. The molecule has 1 aliphatic heterocycles. The Morgan fingerprint density at radius 1 is 1.20 bits per heavy atom. The third-order valence-corrected chi connectivity index (χ3v) is 5.54. The molecule has 170 valence electrons. The summed E-state index contributed by atoms with van der Waals surface area (Å²) in [6.45, 7) is 14.3. The summed E-state index contributed by atoms with van der Waals surface area (Å²) < 4.78 is 0. The molecule has 7 heteroatoms. The van der Waals surface area contributed by atoms with Crippen molar-refractivity contribution in [2.75, 3.05) is 19.6 Å². The van der Waals surface area contributed by atoms with Gasteiger partial charge in [0.2, 0.25) is 0 Å². The number of aliphatic imine (C=N–C) groups is 1. The van der Waals surface area contributed by atoms with Gasteiger partial charge in [-0.1, -0.05) is 19.1 Å². The summed E-state index contributed by atoms with van der Waals surface area (Å²) in [4.78, 5) is 19.7. The van der Waals surface area contributed by atoms with Crippen LogP contribution in [0.3, 0.4) is 0 Å². The lowest BCUT2D eigenvalue weighted by molar-refractivity contribution is 0.0939. The zero-order chi connectivity index (χ0) is 21.2. The Balaban J connectivity index is 0.00000450. The number of guanidine groups is 1. The smallest absolute Gasteiger partial charge is 0.251 e. The van der Waals surface area contributed by atoms with E-state index in [4.69, 9.17) is 4.99 Å². The molecule has 1 heterocycles. The van der Waals surface area contributed by atoms with Crippen molar-refractivity contribution >= 4 is 35.8 Å². The van der Waals surface area contributed by atoms with E-state index < -0.39 is 0 Å². The van der Waals surface area contributed by atoms with Crippen LogP contribution < -0.4 is 16.0 Å². The lowest BCUT2D eigenvalue weighted by Gasteiger charge is -2.35. The van der Waals surface area contributed by atoms with Crippen LogP contribution in [0.15, 0.2) is 29.3 Å². The van der Waals surface area contributed by atoms with Gasteiger partial charge in [0.1, 0.15) is 0 Å². The highest BCUT2D eigenvalue weighted by atomic mass is 127. The number of hydrogen-bond donors (Lipinski definition) is 3. The summed E-state index contributed by atoms with van der Waals surface area (Å²) in [7, 11) is 0. The van der Waals surface area contributed by atoms with Gasteiger partial charge in [-0.05, 0) is 64.7 Å². The molecule has 1 aromatic carbocycles. The molecular weight excluding hydrogens is 489 g/mol. The number of carbonyl (C=O) groups is 1. The fraction of sp³-hybridized carbons (Fsp3) is 0.652. The maximum atomic E-state index is 12.4. The lowest BCUT2D eigenvalue weighted by atomic mass is 10.0. The number of halogens is 1. The Morgan fingerprint density at radius 3 is 2.50 bits per heavy atom. The highest BCUT2D eigenvalue weighted by Gasteiger charge is 2.21. The molecule has 30 heavy (non-hydrogen) atoms. The number of piperidine rings is 1. The van der Waals surface area contributed by atoms with Crippen LogP contribution in [0.4, 0.5) is 0 Å². The van der Waals surface area contributed by atoms with Gasteiger partial charge in [0.05, 0.1) is 6.54 Å². The number of amides is 1. The molecule has 1 fully saturated rings. The topological polar surface area (TPSA) is 68.8 Å². The SMILES string of the molecule is CCNC(=NCc1cccc(C(=O)NC(C)CC)c1)NC1CCN(C(C)C)CC1.I. The van der Waals surface area contributed by atoms with Crippen LogP contribution in [-0.2, 0) is 6.54 Å². The van der Waals surface area contributed by atoms with Crippen molar-refractivity contribution in [3.05, 3.63) is 35.4 Å². The van der Waals surface area contributed by atoms with Gasteiger partial charge in [-0.25, -0.2) is 4.99 Å². The number of nitrogens with one attached hydrogen (secondary N) is 3. The van der Waals surface area contributed by atoms with Gasteiger partial charge < -0.3 is 20.9 Å². The minimum atomic E-state index is -0.0212. The standard InChI is InChI=1S/C23H39N5O.HI/c1-6-18(5)26-22(29)20-10-8-9-19(15-20)16-25-23(24-7-2)27-21-11-13-28(14-12-21)17(3)4;/h8-10,15,17-18,21H,6-7,11-14,16H2,1-5H3,(H,26,29)(H2,24,25,27);1H. The van der Waals surface area contributed by atoms with Crippen LogP contribution in [0, 0.1) is 0 Å². The number of nitrogens with zero attached hydrogens (tertiary/aromatic N) is 2. The average Bonchev–Trinajstić information content (AvgIpc) is 2.72. The van der Waals surface area contributed by atoms with Crippen molar-refractivity contribution in [3.63, 3.8) is 0 Å². The molecule has 0 bridgehead atoms. The predicted molar refractivity (Wildman–Crippen MR) is 137 cm³/mol. The van der Waals surface area contributed by atoms with Crippen LogP contribution in [0.2, 0.25) is 0 Å². The second-order valence-corrected chi connectivity index (χ2v) is 8.23. The maximum absolute atomic E-state index is 12.4. The van der Waals surface area contributed by atoms with E-state index in [2.05, 4.69) is 48.5 Å².